The summed E-state index contributed by atoms with van der Waals surface area (Å²) < 4.78 is 0. The predicted octanol–water partition coefficient (Wildman–Crippen LogP) is 3.94. The summed E-state index contributed by atoms with van der Waals surface area (Å²) in [7, 11) is 0. The van der Waals surface area contributed by atoms with E-state index in [1.165, 1.54) is 45.3 Å². The van der Waals surface area contributed by atoms with E-state index in [9.17, 15) is 0 Å². The van der Waals surface area contributed by atoms with Gasteiger partial charge in [0.05, 0.1) is 0 Å². The summed E-state index contributed by atoms with van der Waals surface area (Å²) in [5, 5.41) is 2.90. The molecule has 3 nitrogen and oxygen atoms in total. The molecule has 22 heavy (non-hydrogen) atoms. The van der Waals surface area contributed by atoms with Gasteiger partial charge >= 0.3 is 0 Å². The van der Waals surface area contributed by atoms with E-state index < -0.39 is 0 Å². The molecule has 0 aromatic rings. The minimum Gasteiger partial charge on any atom is -0.305 e. The number of hydrazine groups is 1. The zero-order valence-electron chi connectivity index (χ0n) is 14.2. The van der Waals surface area contributed by atoms with Gasteiger partial charge in [-0.1, -0.05) is 32.4 Å². The monoisotopic (exact) mass is 323 g/mol. The third-order valence-electron chi connectivity index (χ3n) is 5.61. The first-order valence-corrected chi connectivity index (χ1v) is 9.04. The molecule has 2 heterocycles. The van der Waals surface area contributed by atoms with Crippen LogP contribution in [0, 0.1) is 16.7 Å². The first-order valence-electron chi connectivity index (χ1n) is 8.66. The number of allylic oxidation sites excluding steroid dienone is 2. The van der Waals surface area contributed by atoms with E-state index in [2.05, 4.69) is 36.1 Å². The van der Waals surface area contributed by atoms with Crippen LogP contribution in [0.4, 0.5) is 0 Å². The summed E-state index contributed by atoms with van der Waals surface area (Å²) in [6.07, 6.45) is 11.3. The van der Waals surface area contributed by atoms with Gasteiger partial charge in [0, 0.05) is 12.7 Å². The van der Waals surface area contributed by atoms with E-state index in [1.54, 1.807) is 0 Å². The van der Waals surface area contributed by atoms with Crippen LogP contribution >= 0.6 is 11.6 Å². The highest BCUT2D eigenvalue weighted by atomic mass is 35.5. The SMILES string of the molecule is CC(C)(C)CCN1CCC2(CC1)CC2CN1NC=CC=C1Cl. The highest BCUT2D eigenvalue weighted by Crippen LogP contribution is 2.59. The topological polar surface area (TPSA) is 18.5 Å². The molecule has 0 bridgehead atoms. The van der Waals surface area contributed by atoms with Crippen LogP contribution < -0.4 is 5.43 Å². The highest BCUT2D eigenvalue weighted by Gasteiger charge is 2.55. The summed E-state index contributed by atoms with van der Waals surface area (Å²) >= 11 is 6.25. The van der Waals surface area contributed by atoms with Crippen LogP contribution in [0.1, 0.15) is 46.5 Å². The molecule has 3 aliphatic rings. The van der Waals surface area contributed by atoms with Crippen molar-refractivity contribution in [3.8, 4) is 0 Å². The molecule has 0 aromatic carbocycles. The van der Waals surface area contributed by atoms with Gasteiger partial charge in [-0.2, -0.15) is 0 Å². The second-order valence-corrected chi connectivity index (χ2v) is 8.89. The van der Waals surface area contributed by atoms with Crippen molar-refractivity contribution in [3.63, 3.8) is 0 Å². The van der Waals surface area contributed by atoms with Crippen LogP contribution in [0.5, 0.6) is 0 Å². The Labute approximate surface area is 140 Å². The van der Waals surface area contributed by atoms with Gasteiger partial charge in [0.2, 0.25) is 0 Å². The molecule has 0 amide bonds. The van der Waals surface area contributed by atoms with Gasteiger partial charge < -0.3 is 10.3 Å². The maximum Gasteiger partial charge on any atom is 0.123 e. The molecule has 0 aromatic heterocycles. The lowest BCUT2D eigenvalue weighted by molar-refractivity contribution is 0.139. The van der Waals surface area contributed by atoms with Crippen LogP contribution in [0.2, 0.25) is 0 Å². The Morgan fingerprint density at radius 1 is 1.32 bits per heavy atom. The minimum absolute atomic E-state index is 0.452. The lowest BCUT2D eigenvalue weighted by atomic mass is 9.88. The fourth-order valence-corrected chi connectivity index (χ4v) is 3.98. The molecule has 1 aliphatic carbocycles. The fourth-order valence-electron chi connectivity index (χ4n) is 3.79. The Hall–Kier alpha value is -0.670. The Balaban J connectivity index is 1.43. The lowest BCUT2D eigenvalue weighted by Crippen LogP contribution is -2.39. The number of halogens is 1. The molecule has 4 heteroatoms. The van der Waals surface area contributed by atoms with Crippen LogP contribution in [-0.2, 0) is 0 Å². The third-order valence-corrected chi connectivity index (χ3v) is 5.94. The van der Waals surface area contributed by atoms with Gasteiger partial charge in [-0.15, -0.1) is 0 Å². The van der Waals surface area contributed by atoms with E-state index in [1.807, 2.05) is 18.4 Å². The second-order valence-electron chi connectivity index (χ2n) is 8.50. The molecule has 3 rings (SSSR count). The molecular formula is C18H30ClN3. The third kappa shape index (κ3) is 3.80. The van der Waals surface area contributed by atoms with E-state index in [0.29, 0.717) is 10.8 Å². The first kappa shape index (κ1) is 16.2. The maximum absolute atomic E-state index is 6.25. The number of hydrogen-bond acceptors (Lipinski definition) is 3. The molecule has 2 aliphatic heterocycles. The van der Waals surface area contributed by atoms with E-state index in [0.717, 1.165) is 17.6 Å². The van der Waals surface area contributed by atoms with Crippen molar-refractivity contribution in [1.82, 2.24) is 15.3 Å². The number of nitrogens with zero attached hydrogens (tertiary/aromatic N) is 2. The minimum atomic E-state index is 0.452. The van der Waals surface area contributed by atoms with Gasteiger partial charge in [-0.05, 0) is 74.2 Å². The summed E-state index contributed by atoms with van der Waals surface area (Å²) in [4.78, 5) is 2.67. The summed E-state index contributed by atoms with van der Waals surface area (Å²) in [5.41, 5.74) is 4.31. The number of nitrogens with one attached hydrogen (secondary N) is 1. The maximum atomic E-state index is 6.25. The zero-order valence-corrected chi connectivity index (χ0v) is 15.0. The Morgan fingerprint density at radius 3 is 2.68 bits per heavy atom. The number of piperidine rings is 1. The summed E-state index contributed by atoms with van der Waals surface area (Å²) in [6, 6.07) is 0. The molecule has 1 unspecified atom stereocenters. The van der Waals surface area contributed by atoms with Crippen molar-refractivity contribution < 1.29 is 0 Å². The average molecular weight is 324 g/mol. The second kappa shape index (κ2) is 6.09. The standard InChI is InChI=1S/C18H30ClN3/c1-17(2,3)6-10-21-11-7-18(8-12-21)13-15(18)14-22-16(19)5-4-9-20-22/h4-5,9,15,20H,6-8,10-14H2,1-3H3. The molecule has 1 N–H and O–H groups in total. The van der Waals surface area contributed by atoms with Gasteiger partial charge in [-0.25, -0.2) is 0 Å². The van der Waals surface area contributed by atoms with E-state index in [4.69, 9.17) is 11.6 Å². The number of likely N-dealkylation sites (tertiary alicyclic amines) is 1. The molecular weight excluding hydrogens is 294 g/mol. The Bertz CT molecular complexity index is 455. The van der Waals surface area contributed by atoms with Crippen molar-refractivity contribution in [1.29, 1.82) is 0 Å². The normalized spacial score (nSPS) is 27.7. The zero-order chi connectivity index (χ0) is 15.8. The van der Waals surface area contributed by atoms with Crippen LogP contribution in [0.15, 0.2) is 23.5 Å². The van der Waals surface area contributed by atoms with Crippen LogP contribution in [-0.4, -0.2) is 36.1 Å². The van der Waals surface area contributed by atoms with Gasteiger partial charge in [0.25, 0.3) is 0 Å². The summed E-state index contributed by atoms with van der Waals surface area (Å²) in [6.45, 7) is 11.9. The van der Waals surface area contributed by atoms with Gasteiger partial charge in [-0.3, -0.25) is 5.01 Å². The largest absolute Gasteiger partial charge is 0.305 e. The molecule has 1 saturated carbocycles. The van der Waals surface area contributed by atoms with Gasteiger partial charge in [0.15, 0.2) is 0 Å². The molecule has 124 valence electrons. The molecule has 1 saturated heterocycles. The van der Waals surface area contributed by atoms with E-state index in [-0.39, 0.29) is 0 Å². The van der Waals surface area contributed by atoms with Crippen molar-refractivity contribution in [2.45, 2.75) is 46.5 Å². The van der Waals surface area contributed by atoms with Crippen molar-refractivity contribution >= 4 is 11.6 Å². The van der Waals surface area contributed by atoms with Crippen LogP contribution in [0.3, 0.4) is 0 Å². The quantitative estimate of drug-likeness (QED) is 0.791. The van der Waals surface area contributed by atoms with E-state index >= 15 is 0 Å². The average Bonchev–Trinajstić information content (AvgIpc) is 3.12. The molecule has 1 spiro atoms. The fraction of sp³-hybridized carbons (Fsp3) is 0.778. The van der Waals surface area contributed by atoms with Gasteiger partial charge in [0.1, 0.15) is 5.16 Å². The number of hydrogen-bond donors (Lipinski definition) is 1. The van der Waals surface area contributed by atoms with Crippen molar-refractivity contribution in [3.05, 3.63) is 23.5 Å². The van der Waals surface area contributed by atoms with Crippen molar-refractivity contribution in [2.75, 3.05) is 26.2 Å². The molecule has 0 radical (unpaired) electrons. The first-order chi connectivity index (χ1) is 10.4. The smallest absolute Gasteiger partial charge is 0.123 e. The lowest BCUT2D eigenvalue weighted by Gasteiger charge is -2.35. The predicted molar refractivity (Wildman–Crippen MR) is 93.2 cm³/mol. The summed E-state index contributed by atoms with van der Waals surface area (Å²) in [5.74, 6) is 0.804. The van der Waals surface area contributed by atoms with Crippen LogP contribution in [0.25, 0.3) is 0 Å². The Morgan fingerprint density at radius 2 is 2.05 bits per heavy atom. The van der Waals surface area contributed by atoms with Crippen molar-refractivity contribution in [2.24, 2.45) is 16.7 Å². The number of rotatable bonds is 4. The Kier molecular flexibility index (Phi) is 4.48. The molecule has 1 atom stereocenters. The molecule has 2 fully saturated rings. The highest BCUT2D eigenvalue weighted by molar-refractivity contribution is 6.29.